The van der Waals surface area contributed by atoms with Crippen molar-refractivity contribution in [2.45, 2.75) is 13.8 Å². The molecule has 0 aliphatic carbocycles. The minimum atomic E-state index is 0.862. The SMILES string of the molecule is Brc1ccc(Br)nc1.CCN(C)c1ccc(Br)cn1.CCNC. The van der Waals surface area contributed by atoms with Crippen molar-refractivity contribution in [3.05, 3.63) is 50.2 Å². The van der Waals surface area contributed by atoms with Crippen molar-refractivity contribution in [1.82, 2.24) is 15.3 Å². The molecule has 2 aromatic rings. The zero-order valence-corrected chi connectivity index (χ0v) is 18.6. The van der Waals surface area contributed by atoms with Gasteiger partial charge in [-0.1, -0.05) is 6.92 Å². The van der Waals surface area contributed by atoms with E-state index in [1.165, 1.54) is 0 Å². The van der Waals surface area contributed by atoms with Crippen LogP contribution in [0.25, 0.3) is 0 Å². The first-order valence-corrected chi connectivity index (χ1v) is 9.56. The highest BCUT2D eigenvalue weighted by Gasteiger charge is 1.97. The minimum Gasteiger partial charge on any atom is -0.360 e. The third-order valence-corrected chi connectivity index (χ3v) is 4.03. The fourth-order valence-electron chi connectivity index (χ4n) is 1.11. The molecule has 2 aromatic heterocycles. The highest BCUT2D eigenvalue weighted by molar-refractivity contribution is 9.11. The van der Waals surface area contributed by atoms with Gasteiger partial charge in [-0.05, 0) is 92.6 Å². The van der Waals surface area contributed by atoms with Gasteiger partial charge >= 0.3 is 0 Å². The lowest BCUT2D eigenvalue weighted by atomic mass is 10.4. The Hall–Kier alpha value is -0.500. The maximum atomic E-state index is 4.23. The van der Waals surface area contributed by atoms with Gasteiger partial charge in [0.1, 0.15) is 10.4 Å². The molecule has 0 radical (unpaired) electrons. The van der Waals surface area contributed by atoms with Gasteiger partial charge in [-0.3, -0.25) is 0 Å². The third-order valence-electron chi connectivity index (χ3n) is 2.62. The Morgan fingerprint density at radius 1 is 0.957 bits per heavy atom. The van der Waals surface area contributed by atoms with E-state index in [0.717, 1.165) is 32.5 Å². The maximum Gasteiger partial charge on any atom is 0.128 e. The Labute approximate surface area is 164 Å². The number of nitrogens with one attached hydrogen (secondary N) is 1. The van der Waals surface area contributed by atoms with Crippen LogP contribution in [0.15, 0.2) is 50.2 Å². The summed E-state index contributed by atoms with van der Waals surface area (Å²) < 4.78 is 2.88. The van der Waals surface area contributed by atoms with E-state index < -0.39 is 0 Å². The summed E-state index contributed by atoms with van der Waals surface area (Å²) in [5.74, 6) is 1.01. The molecule has 0 saturated heterocycles. The van der Waals surface area contributed by atoms with Crippen LogP contribution in [0.5, 0.6) is 0 Å². The van der Waals surface area contributed by atoms with Gasteiger partial charge in [0.15, 0.2) is 0 Å². The van der Waals surface area contributed by atoms with Gasteiger partial charge < -0.3 is 10.2 Å². The lowest BCUT2D eigenvalue weighted by molar-refractivity contribution is 0.864. The molecule has 0 bridgehead atoms. The van der Waals surface area contributed by atoms with Crippen LogP contribution in [0.1, 0.15) is 13.8 Å². The molecule has 0 aliphatic heterocycles. The highest BCUT2D eigenvalue weighted by atomic mass is 79.9. The molecule has 0 atom stereocenters. The van der Waals surface area contributed by atoms with E-state index in [0.29, 0.717) is 0 Å². The predicted octanol–water partition coefficient (Wildman–Crippen LogP) is 5.13. The number of anilines is 1. The van der Waals surface area contributed by atoms with E-state index in [1.807, 2.05) is 44.6 Å². The van der Waals surface area contributed by atoms with E-state index >= 15 is 0 Å². The first kappa shape index (κ1) is 22.5. The van der Waals surface area contributed by atoms with Crippen molar-refractivity contribution < 1.29 is 0 Å². The molecule has 4 nitrogen and oxygen atoms in total. The van der Waals surface area contributed by atoms with Gasteiger partial charge in [-0.2, -0.15) is 0 Å². The Morgan fingerprint density at radius 2 is 1.48 bits per heavy atom. The van der Waals surface area contributed by atoms with Crippen LogP contribution in [0.4, 0.5) is 5.82 Å². The van der Waals surface area contributed by atoms with Crippen LogP contribution in [0.2, 0.25) is 0 Å². The Bertz CT molecular complexity index is 495. The van der Waals surface area contributed by atoms with Crippen molar-refractivity contribution in [2.24, 2.45) is 0 Å². The smallest absolute Gasteiger partial charge is 0.128 e. The normalized spacial score (nSPS) is 9.17. The van der Waals surface area contributed by atoms with Gasteiger partial charge in [0.2, 0.25) is 0 Å². The molecule has 1 N–H and O–H groups in total. The summed E-state index contributed by atoms with van der Waals surface area (Å²) >= 11 is 9.81. The lowest BCUT2D eigenvalue weighted by Gasteiger charge is -2.14. The summed E-state index contributed by atoms with van der Waals surface area (Å²) in [6.07, 6.45) is 3.55. The van der Waals surface area contributed by atoms with Crippen molar-refractivity contribution in [1.29, 1.82) is 0 Å². The number of rotatable bonds is 3. The summed E-state index contributed by atoms with van der Waals surface area (Å²) in [5.41, 5.74) is 0. The van der Waals surface area contributed by atoms with E-state index in [1.54, 1.807) is 6.20 Å². The second-order valence-electron chi connectivity index (χ2n) is 4.36. The topological polar surface area (TPSA) is 41.1 Å². The quantitative estimate of drug-likeness (QED) is 0.581. The largest absolute Gasteiger partial charge is 0.360 e. The minimum absolute atomic E-state index is 0.862. The van der Waals surface area contributed by atoms with E-state index in [9.17, 15) is 0 Å². The molecule has 7 heteroatoms. The summed E-state index contributed by atoms with van der Waals surface area (Å²) in [7, 11) is 3.95. The molecular weight excluding hydrogens is 488 g/mol. The summed E-state index contributed by atoms with van der Waals surface area (Å²) in [5, 5.41) is 2.93. The standard InChI is InChI=1S/C8H11BrN2.C5H3Br2N.C3H9N/c1-3-11(2)8-5-4-7(9)6-10-8;6-4-1-2-5(7)8-3-4;1-3-4-2/h4-6H,3H2,1-2H3;1-3H;4H,3H2,1-2H3. The van der Waals surface area contributed by atoms with Crippen molar-refractivity contribution >= 4 is 53.6 Å². The number of nitrogens with zero attached hydrogens (tertiary/aromatic N) is 3. The average Bonchev–Trinajstić information content (AvgIpc) is 2.58. The molecule has 0 amide bonds. The summed E-state index contributed by atoms with van der Waals surface area (Å²) in [4.78, 5) is 10.3. The second-order valence-corrected chi connectivity index (χ2v) is 7.00. The molecule has 2 heterocycles. The molecule has 0 aliphatic rings. The van der Waals surface area contributed by atoms with E-state index in [4.69, 9.17) is 0 Å². The van der Waals surface area contributed by atoms with Crippen molar-refractivity contribution in [3.8, 4) is 0 Å². The number of aromatic nitrogens is 2. The average molecular weight is 511 g/mol. The van der Waals surface area contributed by atoms with Crippen LogP contribution in [-0.2, 0) is 0 Å². The number of halogens is 3. The van der Waals surface area contributed by atoms with E-state index in [2.05, 4.69) is 81.8 Å². The maximum absolute atomic E-state index is 4.23. The summed E-state index contributed by atoms with van der Waals surface area (Å²) in [6.45, 7) is 6.22. The highest BCUT2D eigenvalue weighted by Crippen LogP contribution is 2.12. The van der Waals surface area contributed by atoms with Crippen LogP contribution >= 0.6 is 47.8 Å². The van der Waals surface area contributed by atoms with Crippen LogP contribution in [0.3, 0.4) is 0 Å². The number of hydrogen-bond acceptors (Lipinski definition) is 4. The molecule has 0 unspecified atom stereocenters. The molecular formula is C16H23Br3N4. The zero-order valence-electron chi connectivity index (χ0n) is 13.9. The fourth-order valence-corrected chi connectivity index (χ4v) is 1.82. The van der Waals surface area contributed by atoms with Crippen LogP contribution < -0.4 is 10.2 Å². The third kappa shape index (κ3) is 11.6. The number of pyridine rings is 2. The van der Waals surface area contributed by atoms with Gasteiger partial charge in [0.25, 0.3) is 0 Å². The lowest BCUT2D eigenvalue weighted by Crippen LogP contribution is -2.16. The second kappa shape index (κ2) is 13.9. The van der Waals surface area contributed by atoms with Gasteiger partial charge in [0, 0.05) is 34.9 Å². The first-order valence-electron chi connectivity index (χ1n) is 7.18. The van der Waals surface area contributed by atoms with Gasteiger partial charge in [0.05, 0.1) is 0 Å². The van der Waals surface area contributed by atoms with Crippen LogP contribution in [0, 0.1) is 0 Å². The van der Waals surface area contributed by atoms with E-state index in [-0.39, 0.29) is 0 Å². The zero-order chi connectivity index (χ0) is 17.7. The summed E-state index contributed by atoms with van der Waals surface area (Å²) in [6, 6.07) is 7.79. The Kier molecular flexibility index (Phi) is 13.6. The molecule has 0 fully saturated rings. The van der Waals surface area contributed by atoms with Gasteiger partial charge in [-0.25, -0.2) is 9.97 Å². The monoisotopic (exact) mass is 508 g/mol. The number of hydrogen-bond donors (Lipinski definition) is 1. The first-order chi connectivity index (χ1) is 10.9. The molecule has 0 spiro atoms. The van der Waals surface area contributed by atoms with Crippen molar-refractivity contribution in [2.75, 3.05) is 32.1 Å². The van der Waals surface area contributed by atoms with Gasteiger partial charge in [-0.15, -0.1) is 0 Å². The molecule has 128 valence electrons. The Morgan fingerprint density at radius 3 is 1.78 bits per heavy atom. The predicted molar refractivity (Wildman–Crippen MR) is 110 cm³/mol. The molecule has 23 heavy (non-hydrogen) atoms. The van der Waals surface area contributed by atoms with Crippen LogP contribution in [-0.4, -0.2) is 37.2 Å². The molecule has 2 rings (SSSR count). The molecule has 0 aromatic carbocycles. The van der Waals surface area contributed by atoms with Crippen molar-refractivity contribution in [3.63, 3.8) is 0 Å². The Balaban J connectivity index is 0.000000354. The fraction of sp³-hybridized carbons (Fsp3) is 0.375. The molecule has 0 saturated carbocycles.